The lowest BCUT2D eigenvalue weighted by Gasteiger charge is -2.34. The summed E-state index contributed by atoms with van der Waals surface area (Å²) in [6.45, 7) is 7.78. The van der Waals surface area contributed by atoms with Crippen LogP contribution in [0.1, 0.15) is 25.5 Å². The average Bonchev–Trinajstić information content (AvgIpc) is 3.15. The molecule has 0 radical (unpaired) electrons. The molecule has 0 unspecified atom stereocenters. The second kappa shape index (κ2) is 9.18. The van der Waals surface area contributed by atoms with Gasteiger partial charge in [-0.25, -0.2) is 9.78 Å². The van der Waals surface area contributed by atoms with Crippen LogP contribution in [0.2, 0.25) is 0 Å². The summed E-state index contributed by atoms with van der Waals surface area (Å²) in [5.41, 5.74) is 0.845. The molecule has 1 aromatic rings. The summed E-state index contributed by atoms with van der Waals surface area (Å²) >= 11 is 1.59. The van der Waals surface area contributed by atoms with Crippen molar-refractivity contribution in [3.8, 4) is 0 Å². The van der Waals surface area contributed by atoms with E-state index < -0.39 is 0 Å². The minimum atomic E-state index is -0.200. The fourth-order valence-electron chi connectivity index (χ4n) is 3.02. The highest BCUT2D eigenvalue weighted by molar-refractivity contribution is 7.13. The number of urea groups is 1. The van der Waals surface area contributed by atoms with Gasteiger partial charge in [-0.15, -0.1) is 11.3 Å². The maximum absolute atomic E-state index is 12.3. The van der Waals surface area contributed by atoms with E-state index in [0.717, 1.165) is 56.5 Å². The predicted octanol–water partition coefficient (Wildman–Crippen LogP) is 1.13. The van der Waals surface area contributed by atoms with Crippen LogP contribution in [0.5, 0.6) is 0 Å². The summed E-state index contributed by atoms with van der Waals surface area (Å²) in [6, 6.07) is -0.200. The molecule has 0 aromatic carbocycles. The van der Waals surface area contributed by atoms with E-state index in [4.69, 9.17) is 4.74 Å². The lowest BCUT2D eigenvalue weighted by molar-refractivity contribution is -0.134. The van der Waals surface area contributed by atoms with Crippen LogP contribution < -0.4 is 10.2 Å². The number of nitrogens with zero attached hydrogens (tertiary/aromatic N) is 4. The molecule has 144 valence electrons. The van der Waals surface area contributed by atoms with E-state index in [1.165, 1.54) is 0 Å². The number of piperazine rings is 1. The first kappa shape index (κ1) is 18.9. The van der Waals surface area contributed by atoms with Gasteiger partial charge in [0.1, 0.15) is 6.54 Å². The third-order valence-electron chi connectivity index (χ3n) is 4.63. The fourth-order valence-corrected chi connectivity index (χ4v) is 3.90. The number of hydrogen-bond donors (Lipinski definition) is 1. The summed E-state index contributed by atoms with van der Waals surface area (Å²) in [4.78, 5) is 34.7. The van der Waals surface area contributed by atoms with Crippen LogP contribution in [0.25, 0.3) is 0 Å². The largest absolute Gasteiger partial charge is 0.378 e. The third kappa shape index (κ3) is 4.85. The first-order valence-electron chi connectivity index (χ1n) is 9.25. The van der Waals surface area contributed by atoms with Crippen LogP contribution in [0.15, 0.2) is 5.38 Å². The normalized spacial score (nSPS) is 18.3. The molecule has 1 N–H and O–H groups in total. The van der Waals surface area contributed by atoms with Crippen LogP contribution in [-0.4, -0.2) is 79.2 Å². The van der Waals surface area contributed by atoms with E-state index >= 15 is 0 Å². The number of amides is 3. The number of anilines is 1. The molecule has 0 spiro atoms. The average molecular weight is 382 g/mol. The van der Waals surface area contributed by atoms with Crippen molar-refractivity contribution in [3.05, 3.63) is 11.1 Å². The smallest absolute Gasteiger partial charge is 0.318 e. The molecule has 2 fully saturated rings. The van der Waals surface area contributed by atoms with Crippen molar-refractivity contribution in [1.29, 1.82) is 0 Å². The van der Waals surface area contributed by atoms with Crippen molar-refractivity contribution in [2.75, 3.05) is 57.4 Å². The third-order valence-corrected chi connectivity index (χ3v) is 5.58. The molecule has 3 heterocycles. The molecule has 3 rings (SSSR count). The van der Waals surface area contributed by atoms with Gasteiger partial charge in [0.05, 0.1) is 25.5 Å². The highest BCUT2D eigenvalue weighted by Gasteiger charge is 2.26. The molecule has 26 heavy (non-hydrogen) atoms. The number of nitrogens with one attached hydrogen (secondary N) is 1. The molecule has 0 aliphatic carbocycles. The van der Waals surface area contributed by atoms with Gasteiger partial charge in [0.25, 0.3) is 0 Å². The van der Waals surface area contributed by atoms with E-state index in [1.807, 2.05) is 10.3 Å². The zero-order valence-electron chi connectivity index (χ0n) is 15.3. The molecule has 0 bridgehead atoms. The maximum Gasteiger partial charge on any atom is 0.318 e. The summed E-state index contributed by atoms with van der Waals surface area (Å²) in [7, 11) is 0. The molecule has 2 aliphatic rings. The van der Waals surface area contributed by atoms with Gasteiger partial charge in [-0.2, -0.15) is 0 Å². The van der Waals surface area contributed by atoms with Crippen LogP contribution in [0, 0.1) is 0 Å². The highest BCUT2D eigenvalue weighted by Crippen LogP contribution is 2.21. The lowest BCUT2D eigenvalue weighted by atomic mass is 10.2. The van der Waals surface area contributed by atoms with Crippen LogP contribution in [0.3, 0.4) is 0 Å². The van der Waals surface area contributed by atoms with Crippen molar-refractivity contribution in [3.63, 3.8) is 0 Å². The highest BCUT2D eigenvalue weighted by atomic mass is 32.1. The summed E-state index contributed by atoms with van der Waals surface area (Å²) in [5, 5.41) is 5.82. The molecular weight excluding hydrogens is 354 g/mol. The zero-order valence-corrected chi connectivity index (χ0v) is 16.1. The van der Waals surface area contributed by atoms with Crippen molar-refractivity contribution < 1.29 is 14.3 Å². The Morgan fingerprint density at radius 2 is 2.12 bits per heavy atom. The molecular formula is C17H27N5O3S. The molecule has 2 aliphatic heterocycles. The van der Waals surface area contributed by atoms with Gasteiger partial charge in [-0.05, 0) is 6.42 Å². The second-order valence-electron chi connectivity index (χ2n) is 6.54. The molecule has 2 saturated heterocycles. The quantitative estimate of drug-likeness (QED) is 0.799. The lowest BCUT2D eigenvalue weighted by Crippen LogP contribution is -2.54. The van der Waals surface area contributed by atoms with Crippen molar-refractivity contribution in [2.45, 2.75) is 26.3 Å². The first-order valence-corrected chi connectivity index (χ1v) is 10.1. The molecule has 9 heteroatoms. The Balaban J connectivity index is 1.44. The molecule has 1 aromatic heterocycles. The van der Waals surface area contributed by atoms with E-state index in [2.05, 4.69) is 22.1 Å². The Hall–Kier alpha value is -1.87. The van der Waals surface area contributed by atoms with E-state index in [-0.39, 0.29) is 18.5 Å². The van der Waals surface area contributed by atoms with Crippen molar-refractivity contribution in [1.82, 2.24) is 20.1 Å². The topological polar surface area (TPSA) is 78.0 Å². The molecule has 3 amide bonds. The van der Waals surface area contributed by atoms with E-state index in [0.29, 0.717) is 19.6 Å². The minimum Gasteiger partial charge on any atom is -0.378 e. The minimum absolute atomic E-state index is 0.0307. The van der Waals surface area contributed by atoms with Crippen LogP contribution >= 0.6 is 11.3 Å². The first-order chi connectivity index (χ1) is 12.7. The number of unbranched alkanes of at least 4 members (excludes halogenated alkanes) is 1. The second-order valence-corrected chi connectivity index (χ2v) is 7.37. The van der Waals surface area contributed by atoms with Crippen molar-refractivity contribution in [2.24, 2.45) is 0 Å². The number of carbonyl (C=O) groups excluding carboxylic acids is 2. The monoisotopic (exact) mass is 381 g/mol. The number of ether oxygens (including phenoxy) is 1. The molecule has 0 atom stereocenters. The number of carbonyl (C=O) groups is 2. The summed E-state index contributed by atoms with van der Waals surface area (Å²) < 4.78 is 5.35. The Morgan fingerprint density at radius 3 is 2.85 bits per heavy atom. The van der Waals surface area contributed by atoms with Gasteiger partial charge in [-0.3, -0.25) is 4.79 Å². The SMILES string of the molecule is CCCCN1CCN(C(=O)NCc2csc(N3CCOCC3)n2)CC1=O. The Kier molecular flexibility index (Phi) is 6.67. The van der Waals surface area contributed by atoms with Gasteiger partial charge in [0.15, 0.2) is 5.13 Å². The Labute approximate surface area is 158 Å². The number of morpholine rings is 1. The zero-order chi connectivity index (χ0) is 18.4. The van der Waals surface area contributed by atoms with Gasteiger partial charge in [-0.1, -0.05) is 13.3 Å². The number of hydrogen-bond acceptors (Lipinski definition) is 6. The molecule has 8 nitrogen and oxygen atoms in total. The standard InChI is InChI=1S/C17H27N5O3S/c1-2-3-4-20-5-6-22(12-15(20)23)16(24)18-11-14-13-26-17(19-14)21-7-9-25-10-8-21/h13H,2-12H2,1H3,(H,18,24). The fraction of sp³-hybridized carbons (Fsp3) is 0.706. The Morgan fingerprint density at radius 1 is 1.31 bits per heavy atom. The van der Waals surface area contributed by atoms with E-state index in [9.17, 15) is 9.59 Å². The van der Waals surface area contributed by atoms with Crippen LogP contribution in [-0.2, 0) is 16.1 Å². The molecule has 0 saturated carbocycles. The number of rotatable bonds is 6. The number of thiazole rings is 1. The summed E-state index contributed by atoms with van der Waals surface area (Å²) in [5.74, 6) is 0.0307. The van der Waals surface area contributed by atoms with Gasteiger partial charge >= 0.3 is 6.03 Å². The Bertz CT molecular complexity index is 617. The van der Waals surface area contributed by atoms with Gasteiger partial charge < -0.3 is 24.8 Å². The number of aromatic nitrogens is 1. The van der Waals surface area contributed by atoms with E-state index in [1.54, 1.807) is 16.2 Å². The van der Waals surface area contributed by atoms with Crippen LogP contribution in [0.4, 0.5) is 9.93 Å². The predicted molar refractivity (Wildman–Crippen MR) is 100 cm³/mol. The van der Waals surface area contributed by atoms with Gasteiger partial charge in [0.2, 0.25) is 5.91 Å². The summed E-state index contributed by atoms with van der Waals surface area (Å²) in [6.07, 6.45) is 2.07. The maximum atomic E-state index is 12.3. The van der Waals surface area contributed by atoms with Crippen molar-refractivity contribution >= 4 is 28.4 Å². The van der Waals surface area contributed by atoms with Gasteiger partial charge in [0, 0.05) is 38.1 Å².